The van der Waals surface area contributed by atoms with Gasteiger partial charge in [0.05, 0.1) is 0 Å². The average Bonchev–Trinajstić information content (AvgIpc) is 3.53. The molecule has 0 bridgehead atoms. The lowest BCUT2D eigenvalue weighted by atomic mass is 9.81. The molecule has 0 aliphatic heterocycles. The minimum Gasteiger partial charge on any atom is -0.310 e. The van der Waals surface area contributed by atoms with E-state index in [1.54, 1.807) is 0 Å². The second-order valence-electron chi connectivity index (χ2n) is 17.5. The van der Waals surface area contributed by atoms with Crippen molar-refractivity contribution in [2.24, 2.45) is 0 Å². The molecule has 7 aromatic carbocycles. The van der Waals surface area contributed by atoms with Crippen molar-refractivity contribution in [3.8, 4) is 22.3 Å². The maximum atomic E-state index is 4.22. The molecule has 0 spiro atoms. The van der Waals surface area contributed by atoms with E-state index in [4.69, 9.17) is 0 Å². The summed E-state index contributed by atoms with van der Waals surface area (Å²) in [6.45, 7) is 21.8. The third-order valence-corrected chi connectivity index (χ3v) is 12.9. The molecule has 0 atom stereocenters. The zero-order valence-electron chi connectivity index (χ0n) is 38.0. The first-order valence-electron chi connectivity index (χ1n) is 22.6. The molecule has 0 amide bonds. The highest BCUT2D eigenvalue weighted by Gasteiger charge is 2.36. The molecule has 2 heteroatoms. The zero-order chi connectivity index (χ0) is 44.1. The van der Waals surface area contributed by atoms with Gasteiger partial charge in [-0.05, 0) is 149 Å². The number of benzene rings is 7. The fourth-order valence-corrected chi connectivity index (χ4v) is 9.25. The van der Waals surface area contributed by atoms with Crippen LogP contribution in [-0.4, -0.2) is 0 Å². The van der Waals surface area contributed by atoms with Crippen LogP contribution in [0.3, 0.4) is 0 Å². The van der Waals surface area contributed by atoms with Crippen molar-refractivity contribution in [3.05, 3.63) is 233 Å². The molecule has 0 N–H and O–H groups in total. The lowest BCUT2D eigenvalue weighted by Gasteiger charge is -2.30. The summed E-state index contributed by atoms with van der Waals surface area (Å²) in [7, 11) is 0. The molecule has 1 aliphatic carbocycles. The van der Waals surface area contributed by atoms with Gasteiger partial charge in [0.1, 0.15) is 0 Å². The van der Waals surface area contributed by atoms with Gasteiger partial charge < -0.3 is 9.80 Å². The number of fused-ring (bicyclic) bond motifs is 3. The van der Waals surface area contributed by atoms with Crippen molar-refractivity contribution in [1.82, 2.24) is 0 Å². The summed E-state index contributed by atoms with van der Waals surface area (Å²) in [5, 5.41) is 0. The van der Waals surface area contributed by atoms with E-state index < -0.39 is 0 Å². The molecule has 2 nitrogen and oxygen atoms in total. The highest BCUT2D eigenvalue weighted by molar-refractivity contribution is 5.88. The van der Waals surface area contributed by atoms with Crippen molar-refractivity contribution in [2.45, 2.75) is 72.6 Å². The topological polar surface area (TPSA) is 6.48 Å². The molecule has 314 valence electrons. The standard InChI is InChI=1S/C61H60N2/c1-9-12-13-22-50-23-16-19-26-60(50)62(57(11-3)43(4)10-2)51-36-34-49(35-37-51)48-32-29-46(30-33-48)27-28-47-31-39-53-54-40-38-52(42-56(54)61(7,8)55(53)41-47)63(58-24-17-14-20-44(58)5)59-25-18-15-21-45(59)6/h10-11,14-21,23-42H,2-3,9,12-13,22H2,1,4-8H3/b28-27+,57-43+. The molecule has 1 aliphatic rings. The van der Waals surface area contributed by atoms with Crippen molar-refractivity contribution in [3.63, 3.8) is 0 Å². The number of hydrogen-bond acceptors (Lipinski definition) is 2. The van der Waals surface area contributed by atoms with Gasteiger partial charge in [-0.3, -0.25) is 0 Å². The molecule has 0 saturated heterocycles. The van der Waals surface area contributed by atoms with Gasteiger partial charge in [-0.25, -0.2) is 0 Å². The quantitative estimate of drug-likeness (QED) is 0.0577. The second kappa shape index (κ2) is 18.6. The number of hydrogen-bond donors (Lipinski definition) is 0. The molecule has 0 radical (unpaired) electrons. The van der Waals surface area contributed by atoms with Crippen LogP contribution >= 0.6 is 0 Å². The van der Waals surface area contributed by atoms with Crippen molar-refractivity contribution in [2.75, 3.05) is 9.80 Å². The Bertz CT molecular complexity index is 2790. The summed E-state index contributed by atoms with van der Waals surface area (Å²) in [6.07, 6.45) is 13.0. The van der Waals surface area contributed by atoms with E-state index in [0.29, 0.717) is 0 Å². The molecular formula is C61H60N2. The number of allylic oxidation sites excluding steroid dienone is 3. The van der Waals surface area contributed by atoms with Crippen LogP contribution in [0.25, 0.3) is 34.4 Å². The summed E-state index contributed by atoms with van der Waals surface area (Å²) in [4.78, 5) is 4.76. The normalized spacial score (nSPS) is 13.0. The van der Waals surface area contributed by atoms with Gasteiger partial charge in [-0.2, -0.15) is 0 Å². The van der Waals surface area contributed by atoms with E-state index in [1.807, 2.05) is 12.2 Å². The minimum absolute atomic E-state index is 0.159. The lowest BCUT2D eigenvalue weighted by Crippen LogP contribution is -2.18. The number of anilines is 5. The number of para-hydroxylation sites is 3. The number of rotatable bonds is 15. The first kappa shape index (κ1) is 42.8. The van der Waals surface area contributed by atoms with Crippen molar-refractivity contribution >= 4 is 40.6 Å². The lowest BCUT2D eigenvalue weighted by molar-refractivity contribution is 0.660. The summed E-state index contributed by atoms with van der Waals surface area (Å²) >= 11 is 0. The van der Waals surface area contributed by atoms with Gasteiger partial charge in [0.2, 0.25) is 0 Å². The fourth-order valence-electron chi connectivity index (χ4n) is 9.25. The van der Waals surface area contributed by atoms with Crippen LogP contribution in [0.15, 0.2) is 194 Å². The molecule has 0 heterocycles. The monoisotopic (exact) mass is 820 g/mol. The molecule has 7 aromatic rings. The van der Waals surface area contributed by atoms with Crippen LogP contribution in [0.4, 0.5) is 28.4 Å². The highest BCUT2D eigenvalue weighted by Crippen LogP contribution is 2.51. The van der Waals surface area contributed by atoms with Crippen LogP contribution in [-0.2, 0) is 11.8 Å². The summed E-state index contributed by atoms with van der Waals surface area (Å²) in [5.41, 5.74) is 21.8. The van der Waals surface area contributed by atoms with Crippen molar-refractivity contribution in [1.29, 1.82) is 0 Å². The van der Waals surface area contributed by atoms with Crippen LogP contribution < -0.4 is 9.80 Å². The van der Waals surface area contributed by atoms with E-state index in [2.05, 4.69) is 234 Å². The van der Waals surface area contributed by atoms with E-state index >= 15 is 0 Å². The summed E-state index contributed by atoms with van der Waals surface area (Å²) < 4.78 is 0. The van der Waals surface area contributed by atoms with E-state index in [0.717, 1.165) is 23.4 Å². The molecule has 0 aromatic heterocycles. The van der Waals surface area contributed by atoms with Crippen molar-refractivity contribution < 1.29 is 0 Å². The Labute approximate surface area is 376 Å². The number of aryl methyl sites for hydroxylation is 3. The third kappa shape index (κ3) is 8.64. The molecule has 8 rings (SSSR count). The summed E-state index contributed by atoms with van der Waals surface area (Å²) in [5.74, 6) is 0. The average molecular weight is 821 g/mol. The largest absolute Gasteiger partial charge is 0.310 e. The smallest absolute Gasteiger partial charge is 0.0493 e. The fraction of sp³-hybridized carbons (Fsp3) is 0.180. The molecule has 0 unspecified atom stereocenters. The van der Waals surface area contributed by atoms with Gasteiger partial charge in [0.25, 0.3) is 0 Å². The van der Waals surface area contributed by atoms with Gasteiger partial charge in [0.15, 0.2) is 0 Å². The Balaban J connectivity index is 1.03. The van der Waals surface area contributed by atoms with Crippen LogP contribution in [0, 0.1) is 13.8 Å². The second-order valence-corrected chi connectivity index (χ2v) is 17.5. The van der Waals surface area contributed by atoms with Crippen LogP contribution in [0.5, 0.6) is 0 Å². The molecule has 0 saturated carbocycles. The first-order chi connectivity index (χ1) is 30.6. The Hall–Kier alpha value is -6.90. The van der Waals surface area contributed by atoms with Crippen LogP contribution in [0.1, 0.15) is 85.9 Å². The van der Waals surface area contributed by atoms with Gasteiger partial charge >= 0.3 is 0 Å². The predicted molar refractivity (Wildman–Crippen MR) is 274 cm³/mol. The highest BCUT2D eigenvalue weighted by atomic mass is 15.2. The molecule has 0 fully saturated rings. The third-order valence-electron chi connectivity index (χ3n) is 12.9. The number of nitrogens with zero attached hydrogens (tertiary/aromatic N) is 2. The Morgan fingerprint density at radius 1 is 0.556 bits per heavy atom. The van der Waals surface area contributed by atoms with E-state index in [-0.39, 0.29) is 5.41 Å². The molecular weight excluding hydrogens is 761 g/mol. The van der Waals surface area contributed by atoms with Gasteiger partial charge in [-0.15, -0.1) is 0 Å². The zero-order valence-corrected chi connectivity index (χ0v) is 38.0. The van der Waals surface area contributed by atoms with E-state index in [1.165, 1.54) is 103 Å². The maximum absolute atomic E-state index is 4.22. The number of unbranched alkanes of at least 4 members (excludes halogenated alkanes) is 2. The SMILES string of the molecule is C=C/C(C)=C(\C=C)N(c1ccc(-c2ccc(/C=C/c3ccc4c(c3)C(C)(C)c3cc(N(c5ccccc5C)c5ccccc5C)ccc3-4)cc2)cc1)c1ccccc1CCCCC. The molecule has 63 heavy (non-hydrogen) atoms. The Morgan fingerprint density at radius 3 is 1.68 bits per heavy atom. The first-order valence-corrected chi connectivity index (χ1v) is 22.6. The Kier molecular flexibility index (Phi) is 12.6. The minimum atomic E-state index is -0.159. The van der Waals surface area contributed by atoms with E-state index in [9.17, 15) is 0 Å². The predicted octanol–water partition coefficient (Wildman–Crippen LogP) is 17.4. The Morgan fingerprint density at radius 2 is 1.08 bits per heavy atom. The van der Waals surface area contributed by atoms with Gasteiger partial charge in [-0.1, -0.05) is 180 Å². The van der Waals surface area contributed by atoms with Gasteiger partial charge in [0, 0.05) is 39.5 Å². The summed E-state index contributed by atoms with van der Waals surface area (Å²) in [6, 6.07) is 57.9. The van der Waals surface area contributed by atoms with Crippen LogP contribution in [0.2, 0.25) is 0 Å². The maximum Gasteiger partial charge on any atom is 0.0493 e.